The molecule has 6 heteroatoms. The normalized spacial score (nSPS) is 13.2. The summed E-state index contributed by atoms with van der Waals surface area (Å²) in [6, 6.07) is 5.51. The number of hydrogen-bond acceptors (Lipinski definition) is 5. The van der Waals surface area contributed by atoms with Crippen molar-refractivity contribution in [2.24, 2.45) is 0 Å². The van der Waals surface area contributed by atoms with E-state index >= 15 is 0 Å². The van der Waals surface area contributed by atoms with Gasteiger partial charge in [-0.1, -0.05) is 6.07 Å². The number of carboxylic acid groups (broad SMARTS) is 1. The summed E-state index contributed by atoms with van der Waals surface area (Å²) < 4.78 is 9.57. The van der Waals surface area contributed by atoms with Crippen molar-refractivity contribution in [3.63, 3.8) is 0 Å². The number of ether oxygens (including phenoxy) is 2. The second kappa shape index (κ2) is 9.06. The molecule has 2 rings (SSSR count). The second-order valence-electron chi connectivity index (χ2n) is 4.06. The van der Waals surface area contributed by atoms with Crippen molar-refractivity contribution in [1.29, 1.82) is 0 Å². The van der Waals surface area contributed by atoms with Crippen LogP contribution in [-0.2, 0) is 9.47 Å². The number of carboxylic acids is 1. The predicted molar refractivity (Wildman–Crippen MR) is 70.8 cm³/mol. The Morgan fingerprint density at radius 1 is 1.20 bits per heavy atom. The van der Waals surface area contributed by atoms with Gasteiger partial charge in [-0.3, -0.25) is 0 Å². The monoisotopic (exact) mass is 282 g/mol. The van der Waals surface area contributed by atoms with E-state index in [1.165, 1.54) is 37.1 Å². The van der Waals surface area contributed by atoms with Gasteiger partial charge in [-0.2, -0.15) is 0 Å². The van der Waals surface area contributed by atoms with Gasteiger partial charge in [-0.15, -0.1) is 0 Å². The van der Waals surface area contributed by atoms with Crippen molar-refractivity contribution < 1.29 is 29.3 Å². The van der Waals surface area contributed by atoms with Gasteiger partial charge < -0.3 is 19.7 Å². The highest BCUT2D eigenvalue weighted by Gasteiger charge is 2.09. The standard InChI is InChI=1S/C10H10O5.C4H8O/c11-4-5-15-10(14)8-3-1-2-7(6-8)9(12)13;1-2-4-5-3-1/h1-3,6,11H,4-5H2,(H,12,13);1-4H2. The summed E-state index contributed by atoms with van der Waals surface area (Å²) in [6.45, 7) is 1.64. The molecule has 1 saturated heterocycles. The summed E-state index contributed by atoms with van der Waals surface area (Å²) in [5, 5.41) is 17.1. The smallest absolute Gasteiger partial charge is 0.338 e. The van der Waals surface area contributed by atoms with E-state index in [9.17, 15) is 9.59 Å². The first-order valence-electron chi connectivity index (χ1n) is 6.34. The quantitative estimate of drug-likeness (QED) is 0.809. The summed E-state index contributed by atoms with van der Waals surface area (Å²) >= 11 is 0. The zero-order chi connectivity index (χ0) is 14.8. The van der Waals surface area contributed by atoms with Crippen LogP contribution in [0.5, 0.6) is 0 Å². The Balaban J connectivity index is 0.000000333. The lowest BCUT2D eigenvalue weighted by atomic mass is 10.1. The zero-order valence-electron chi connectivity index (χ0n) is 11.1. The second-order valence-corrected chi connectivity index (χ2v) is 4.06. The molecule has 1 aromatic rings. The minimum absolute atomic E-state index is 0.0217. The third-order valence-electron chi connectivity index (χ3n) is 2.50. The Kier molecular flexibility index (Phi) is 7.31. The van der Waals surface area contributed by atoms with Gasteiger partial charge in [0, 0.05) is 13.2 Å². The number of aliphatic hydroxyl groups excluding tert-OH is 1. The maximum absolute atomic E-state index is 11.3. The molecule has 1 heterocycles. The topological polar surface area (TPSA) is 93.1 Å². The maximum Gasteiger partial charge on any atom is 0.338 e. The van der Waals surface area contributed by atoms with Crippen molar-refractivity contribution in [3.05, 3.63) is 35.4 Å². The van der Waals surface area contributed by atoms with E-state index in [1.54, 1.807) is 0 Å². The highest BCUT2D eigenvalue weighted by atomic mass is 16.5. The molecule has 0 unspecified atom stereocenters. The number of hydrogen-bond donors (Lipinski definition) is 2. The Bertz CT molecular complexity index is 431. The first kappa shape index (κ1) is 16.1. The summed E-state index contributed by atoms with van der Waals surface area (Å²) in [4.78, 5) is 21.8. The van der Waals surface area contributed by atoms with Crippen LogP contribution >= 0.6 is 0 Å². The van der Waals surface area contributed by atoms with E-state index in [2.05, 4.69) is 4.74 Å². The number of aromatic carboxylic acids is 1. The molecule has 1 aliphatic rings. The highest BCUT2D eigenvalue weighted by Crippen LogP contribution is 2.06. The van der Waals surface area contributed by atoms with Crippen LogP contribution in [0, 0.1) is 0 Å². The average Bonchev–Trinajstić information content (AvgIpc) is 3.04. The van der Waals surface area contributed by atoms with Crippen LogP contribution in [0.1, 0.15) is 33.6 Å². The number of carbonyl (C=O) groups excluding carboxylic acids is 1. The summed E-state index contributed by atoms with van der Waals surface area (Å²) in [7, 11) is 0. The van der Waals surface area contributed by atoms with Crippen LogP contribution in [0.3, 0.4) is 0 Å². The molecule has 0 radical (unpaired) electrons. The maximum atomic E-state index is 11.3. The van der Waals surface area contributed by atoms with E-state index in [4.69, 9.17) is 14.9 Å². The third kappa shape index (κ3) is 5.81. The summed E-state index contributed by atoms with van der Waals surface area (Å²) in [5.41, 5.74) is 0.178. The van der Waals surface area contributed by atoms with Gasteiger partial charge in [0.05, 0.1) is 17.7 Å². The van der Waals surface area contributed by atoms with Gasteiger partial charge in [0.2, 0.25) is 0 Å². The minimum atomic E-state index is -1.10. The Morgan fingerprint density at radius 3 is 2.35 bits per heavy atom. The Labute approximate surface area is 116 Å². The van der Waals surface area contributed by atoms with E-state index in [0.29, 0.717) is 0 Å². The van der Waals surface area contributed by atoms with Crippen molar-refractivity contribution in [2.75, 3.05) is 26.4 Å². The number of rotatable bonds is 4. The van der Waals surface area contributed by atoms with Crippen LogP contribution in [0.25, 0.3) is 0 Å². The van der Waals surface area contributed by atoms with Crippen molar-refractivity contribution >= 4 is 11.9 Å². The average molecular weight is 282 g/mol. The molecule has 1 aliphatic heterocycles. The van der Waals surface area contributed by atoms with Gasteiger partial charge in [-0.25, -0.2) is 9.59 Å². The number of aliphatic hydroxyl groups is 1. The molecule has 0 amide bonds. The number of esters is 1. The van der Waals surface area contributed by atoms with E-state index in [1.807, 2.05) is 0 Å². The molecule has 0 aromatic heterocycles. The van der Waals surface area contributed by atoms with Crippen LogP contribution < -0.4 is 0 Å². The lowest BCUT2D eigenvalue weighted by molar-refractivity contribution is 0.0433. The SMILES string of the molecule is C1CCOC1.O=C(O)c1cccc(C(=O)OCCO)c1. The predicted octanol–water partition coefficient (Wildman–Crippen LogP) is 1.33. The van der Waals surface area contributed by atoms with Crippen molar-refractivity contribution in [3.8, 4) is 0 Å². The van der Waals surface area contributed by atoms with Gasteiger partial charge in [0.1, 0.15) is 6.61 Å². The lowest BCUT2D eigenvalue weighted by Crippen LogP contribution is -2.09. The molecule has 0 saturated carbocycles. The van der Waals surface area contributed by atoms with E-state index in [-0.39, 0.29) is 24.3 Å². The van der Waals surface area contributed by atoms with Gasteiger partial charge in [0.25, 0.3) is 0 Å². The molecule has 110 valence electrons. The van der Waals surface area contributed by atoms with E-state index in [0.717, 1.165) is 13.2 Å². The first-order chi connectivity index (χ1) is 9.65. The lowest BCUT2D eigenvalue weighted by Gasteiger charge is -2.03. The van der Waals surface area contributed by atoms with Gasteiger partial charge in [-0.05, 0) is 31.0 Å². The fourth-order valence-corrected chi connectivity index (χ4v) is 1.51. The van der Waals surface area contributed by atoms with Crippen LogP contribution in [0.4, 0.5) is 0 Å². The molecule has 0 spiro atoms. The molecule has 0 atom stereocenters. The Hall–Kier alpha value is -1.92. The molecular weight excluding hydrogens is 264 g/mol. The molecule has 0 aliphatic carbocycles. The molecule has 1 aromatic carbocycles. The number of benzene rings is 1. The van der Waals surface area contributed by atoms with Crippen LogP contribution in [-0.4, -0.2) is 48.6 Å². The van der Waals surface area contributed by atoms with Gasteiger partial charge in [0.15, 0.2) is 0 Å². The third-order valence-corrected chi connectivity index (χ3v) is 2.50. The molecular formula is C14H18O6. The first-order valence-corrected chi connectivity index (χ1v) is 6.34. The molecule has 20 heavy (non-hydrogen) atoms. The summed E-state index contributed by atoms with van der Waals surface area (Å²) in [5.74, 6) is -1.75. The fraction of sp³-hybridized carbons (Fsp3) is 0.429. The van der Waals surface area contributed by atoms with Gasteiger partial charge >= 0.3 is 11.9 Å². The van der Waals surface area contributed by atoms with Crippen LogP contribution in [0.2, 0.25) is 0 Å². The van der Waals surface area contributed by atoms with Crippen molar-refractivity contribution in [2.45, 2.75) is 12.8 Å². The van der Waals surface area contributed by atoms with E-state index < -0.39 is 11.9 Å². The largest absolute Gasteiger partial charge is 0.478 e. The molecule has 1 fully saturated rings. The highest BCUT2D eigenvalue weighted by molar-refractivity contribution is 5.94. The zero-order valence-corrected chi connectivity index (χ0v) is 11.1. The van der Waals surface area contributed by atoms with Crippen molar-refractivity contribution in [1.82, 2.24) is 0 Å². The number of carbonyl (C=O) groups is 2. The Morgan fingerprint density at radius 2 is 1.85 bits per heavy atom. The fourth-order valence-electron chi connectivity index (χ4n) is 1.51. The van der Waals surface area contributed by atoms with Crippen LogP contribution in [0.15, 0.2) is 24.3 Å². The minimum Gasteiger partial charge on any atom is -0.478 e. The molecule has 0 bridgehead atoms. The molecule has 6 nitrogen and oxygen atoms in total. The summed E-state index contributed by atoms with van der Waals surface area (Å²) in [6.07, 6.45) is 2.56. The molecule has 2 N–H and O–H groups in total.